The molecule has 1 amide bonds. The van der Waals surface area contributed by atoms with E-state index in [-0.39, 0.29) is 22.6 Å². The minimum Gasteiger partial charge on any atom is -0.508 e. The summed E-state index contributed by atoms with van der Waals surface area (Å²) in [4.78, 5) is 11.6. The van der Waals surface area contributed by atoms with Crippen LogP contribution in [0, 0.1) is 5.41 Å². The monoisotopic (exact) mass is 236 g/mol. The Bertz CT molecular complexity index is 491. The number of carbonyl (C=O) groups excluding carboxylic acids is 1. The fourth-order valence-corrected chi connectivity index (χ4v) is 2.00. The largest absolute Gasteiger partial charge is 0.508 e. The Morgan fingerprint density at radius 2 is 1.88 bits per heavy atom. The number of hydrogen-bond acceptors (Lipinski definition) is 5. The standard InChI is InChI=1S/C10H8N2O3S/c11-10-12-9(15)8(16-10)3-5-1-6(13)4-7(14)2-5/h1-4,13-14H,(H2,11,12,15). The van der Waals surface area contributed by atoms with Crippen LogP contribution in [0.5, 0.6) is 11.5 Å². The molecule has 1 fully saturated rings. The van der Waals surface area contributed by atoms with E-state index in [1.165, 1.54) is 24.3 Å². The van der Waals surface area contributed by atoms with Gasteiger partial charge in [-0.05, 0) is 35.5 Å². The maximum absolute atomic E-state index is 11.3. The van der Waals surface area contributed by atoms with Crippen molar-refractivity contribution in [2.45, 2.75) is 0 Å². The molecule has 0 radical (unpaired) electrons. The van der Waals surface area contributed by atoms with Gasteiger partial charge in [-0.3, -0.25) is 10.2 Å². The van der Waals surface area contributed by atoms with Crippen molar-refractivity contribution in [3.05, 3.63) is 28.7 Å². The topological polar surface area (TPSA) is 93.4 Å². The fourth-order valence-electron chi connectivity index (χ4n) is 1.29. The van der Waals surface area contributed by atoms with Crippen molar-refractivity contribution in [2.75, 3.05) is 0 Å². The minimum absolute atomic E-state index is 0.0700. The highest BCUT2D eigenvalue weighted by Crippen LogP contribution is 2.27. The number of benzene rings is 1. The molecule has 1 heterocycles. The summed E-state index contributed by atoms with van der Waals surface area (Å²) in [7, 11) is 0. The van der Waals surface area contributed by atoms with Gasteiger partial charge in [-0.1, -0.05) is 0 Å². The molecule has 0 aromatic heterocycles. The second kappa shape index (κ2) is 3.90. The van der Waals surface area contributed by atoms with Gasteiger partial charge in [0, 0.05) is 6.07 Å². The van der Waals surface area contributed by atoms with Crippen LogP contribution >= 0.6 is 11.8 Å². The summed E-state index contributed by atoms with van der Waals surface area (Å²) in [6.07, 6.45) is 1.50. The normalized spacial score (nSPS) is 17.9. The molecule has 82 valence electrons. The Labute approximate surface area is 95.3 Å². The predicted octanol–water partition coefficient (Wildman–Crippen LogP) is 1.24. The average molecular weight is 236 g/mol. The molecule has 1 aliphatic rings. The molecule has 2 rings (SSSR count). The summed E-state index contributed by atoms with van der Waals surface area (Å²) in [6.45, 7) is 0. The van der Waals surface area contributed by atoms with Gasteiger partial charge in [0.1, 0.15) is 11.5 Å². The van der Waals surface area contributed by atoms with Crippen LogP contribution in [0.2, 0.25) is 0 Å². The van der Waals surface area contributed by atoms with Gasteiger partial charge < -0.3 is 15.5 Å². The summed E-state index contributed by atoms with van der Waals surface area (Å²) in [5.41, 5.74) is 0.504. The van der Waals surface area contributed by atoms with Gasteiger partial charge in [-0.2, -0.15) is 0 Å². The Kier molecular flexibility index (Phi) is 2.57. The summed E-state index contributed by atoms with van der Waals surface area (Å²) in [5, 5.41) is 28.1. The first-order valence-electron chi connectivity index (χ1n) is 4.37. The molecule has 0 atom stereocenters. The zero-order valence-electron chi connectivity index (χ0n) is 8.02. The molecule has 4 N–H and O–H groups in total. The third kappa shape index (κ3) is 2.17. The van der Waals surface area contributed by atoms with E-state index in [2.05, 4.69) is 5.32 Å². The number of aromatic hydroxyl groups is 2. The van der Waals surface area contributed by atoms with E-state index in [0.717, 1.165) is 11.8 Å². The molecule has 1 aliphatic heterocycles. The number of nitrogens with one attached hydrogen (secondary N) is 2. The maximum Gasteiger partial charge on any atom is 0.264 e. The van der Waals surface area contributed by atoms with Gasteiger partial charge in [0.05, 0.1) is 4.91 Å². The fraction of sp³-hybridized carbons (Fsp3) is 0. The zero-order chi connectivity index (χ0) is 11.7. The molecule has 1 saturated heterocycles. The van der Waals surface area contributed by atoms with E-state index in [9.17, 15) is 15.0 Å². The number of thioether (sulfide) groups is 1. The van der Waals surface area contributed by atoms with Crippen LogP contribution in [0.1, 0.15) is 5.56 Å². The van der Waals surface area contributed by atoms with Gasteiger partial charge in [0.2, 0.25) is 0 Å². The van der Waals surface area contributed by atoms with Crippen molar-refractivity contribution in [3.63, 3.8) is 0 Å². The quantitative estimate of drug-likeness (QED) is 0.552. The highest BCUT2D eigenvalue weighted by Gasteiger charge is 2.22. The van der Waals surface area contributed by atoms with Crippen LogP contribution in [0.4, 0.5) is 0 Å². The third-order valence-corrected chi connectivity index (χ3v) is 2.71. The van der Waals surface area contributed by atoms with E-state index in [0.29, 0.717) is 10.5 Å². The van der Waals surface area contributed by atoms with Gasteiger partial charge in [-0.15, -0.1) is 0 Å². The lowest BCUT2D eigenvalue weighted by Gasteiger charge is -1.98. The SMILES string of the molecule is N=C1NC(=O)C(=Cc2cc(O)cc(O)c2)S1. The van der Waals surface area contributed by atoms with Crippen LogP contribution in [-0.4, -0.2) is 21.3 Å². The lowest BCUT2D eigenvalue weighted by molar-refractivity contribution is -0.115. The molecule has 16 heavy (non-hydrogen) atoms. The first-order valence-corrected chi connectivity index (χ1v) is 5.19. The van der Waals surface area contributed by atoms with E-state index in [1.807, 2.05) is 0 Å². The first-order chi connectivity index (χ1) is 7.54. The zero-order valence-corrected chi connectivity index (χ0v) is 8.84. The number of carbonyl (C=O) groups is 1. The third-order valence-electron chi connectivity index (χ3n) is 1.89. The highest BCUT2D eigenvalue weighted by atomic mass is 32.2. The van der Waals surface area contributed by atoms with Crippen LogP contribution < -0.4 is 5.32 Å². The molecule has 1 aromatic carbocycles. The molecule has 1 aromatic rings. The molecule has 0 aliphatic carbocycles. The Balaban J connectivity index is 2.36. The van der Waals surface area contributed by atoms with Gasteiger partial charge >= 0.3 is 0 Å². The average Bonchev–Trinajstić information content (AvgIpc) is 2.43. The number of amides is 1. The van der Waals surface area contributed by atoms with E-state index in [1.54, 1.807) is 0 Å². The Morgan fingerprint density at radius 3 is 2.38 bits per heavy atom. The van der Waals surface area contributed by atoms with Crippen LogP contribution in [0.15, 0.2) is 23.1 Å². The van der Waals surface area contributed by atoms with Gasteiger partial charge in [-0.25, -0.2) is 0 Å². The molecule has 6 heteroatoms. The molecule has 5 nitrogen and oxygen atoms in total. The predicted molar refractivity (Wildman–Crippen MR) is 61.2 cm³/mol. The maximum atomic E-state index is 11.3. The molecule has 0 unspecified atom stereocenters. The number of hydrogen-bond donors (Lipinski definition) is 4. The van der Waals surface area contributed by atoms with E-state index < -0.39 is 0 Å². The summed E-state index contributed by atoms with van der Waals surface area (Å²) in [6, 6.07) is 4.04. The van der Waals surface area contributed by atoms with Gasteiger partial charge in [0.15, 0.2) is 5.17 Å². The number of amidine groups is 1. The molecule has 0 spiro atoms. The number of rotatable bonds is 1. The van der Waals surface area contributed by atoms with Crippen molar-refractivity contribution in [1.82, 2.24) is 5.32 Å². The van der Waals surface area contributed by atoms with Crippen molar-refractivity contribution in [1.29, 1.82) is 5.41 Å². The number of phenols is 2. The summed E-state index contributed by atoms with van der Waals surface area (Å²) in [5.74, 6) is -0.506. The van der Waals surface area contributed by atoms with E-state index >= 15 is 0 Å². The summed E-state index contributed by atoms with van der Waals surface area (Å²) >= 11 is 1.00. The Hall–Kier alpha value is -1.95. The van der Waals surface area contributed by atoms with Gasteiger partial charge in [0.25, 0.3) is 5.91 Å². The second-order valence-corrected chi connectivity index (χ2v) is 4.23. The van der Waals surface area contributed by atoms with Crippen LogP contribution in [-0.2, 0) is 4.79 Å². The van der Waals surface area contributed by atoms with Crippen molar-refractivity contribution in [2.24, 2.45) is 0 Å². The molecular formula is C10H8N2O3S. The van der Waals surface area contributed by atoms with Crippen LogP contribution in [0.3, 0.4) is 0 Å². The smallest absolute Gasteiger partial charge is 0.264 e. The van der Waals surface area contributed by atoms with Crippen molar-refractivity contribution in [3.8, 4) is 11.5 Å². The second-order valence-electron chi connectivity index (χ2n) is 3.18. The first kappa shape index (κ1) is 10.6. The lowest BCUT2D eigenvalue weighted by Crippen LogP contribution is -2.18. The minimum atomic E-state index is -0.349. The molecule has 0 bridgehead atoms. The number of phenolic OH excluding ortho intramolecular Hbond substituents is 2. The van der Waals surface area contributed by atoms with E-state index in [4.69, 9.17) is 5.41 Å². The molecular weight excluding hydrogens is 228 g/mol. The Morgan fingerprint density at radius 1 is 1.25 bits per heavy atom. The molecule has 0 saturated carbocycles. The lowest BCUT2D eigenvalue weighted by atomic mass is 10.2. The van der Waals surface area contributed by atoms with Crippen LogP contribution in [0.25, 0.3) is 6.08 Å². The highest BCUT2D eigenvalue weighted by molar-refractivity contribution is 8.18. The summed E-state index contributed by atoms with van der Waals surface area (Å²) < 4.78 is 0. The van der Waals surface area contributed by atoms with Crippen molar-refractivity contribution >= 4 is 28.9 Å². The van der Waals surface area contributed by atoms with Crippen molar-refractivity contribution < 1.29 is 15.0 Å².